The number of carbonyl (C=O) groups is 1. The van der Waals surface area contributed by atoms with Crippen molar-refractivity contribution in [3.05, 3.63) is 29.8 Å². The molecule has 1 aromatic carbocycles. The van der Waals surface area contributed by atoms with Crippen LogP contribution < -0.4 is 5.32 Å². The molecular formula is C16H23NO2. The molecule has 104 valence electrons. The van der Waals surface area contributed by atoms with Gasteiger partial charge in [0, 0.05) is 12.2 Å². The Morgan fingerprint density at radius 2 is 1.84 bits per heavy atom. The lowest BCUT2D eigenvalue weighted by Gasteiger charge is -2.21. The van der Waals surface area contributed by atoms with Gasteiger partial charge in [-0.1, -0.05) is 44.2 Å². The molecular weight excluding hydrogens is 238 g/mol. The molecule has 1 fully saturated rings. The Balaban J connectivity index is 1.71. The molecule has 0 spiro atoms. The molecule has 0 amide bonds. The number of nitrogens with one attached hydrogen (secondary N) is 1. The highest BCUT2D eigenvalue weighted by Crippen LogP contribution is 2.26. The van der Waals surface area contributed by atoms with Crippen molar-refractivity contribution in [1.82, 2.24) is 0 Å². The van der Waals surface area contributed by atoms with Crippen LogP contribution in [0.2, 0.25) is 0 Å². The van der Waals surface area contributed by atoms with Crippen molar-refractivity contribution in [2.24, 2.45) is 5.92 Å². The Hall–Kier alpha value is -1.51. The molecule has 0 radical (unpaired) electrons. The topological polar surface area (TPSA) is 49.3 Å². The Morgan fingerprint density at radius 3 is 2.47 bits per heavy atom. The van der Waals surface area contributed by atoms with Crippen LogP contribution >= 0.6 is 0 Å². The minimum absolute atomic E-state index is 0.0996. The highest BCUT2D eigenvalue weighted by molar-refractivity contribution is 5.70. The molecule has 2 N–H and O–H groups in total. The van der Waals surface area contributed by atoms with Gasteiger partial charge in [-0.3, -0.25) is 4.79 Å². The number of rotatable bonds is 6. The zero-order valence-electron chi connectivity index (χ0n) is 11.4. The van der Waals surface area contributed by atoms with Crippen LogP contribution in [0, 0.1) is 5.92 Å². The summed E-state index contributed by atoms with van der Waals surface area (Å²) in [5, 5.41) is 12.1. The smallest absolute Gasteiger partial charge is 0.307 e. The fourth-order valence-electron chi connectivity index (χ4n) is 2.81. The van der Waals surface area contributed by atoms with E-state index in [2.05, 4.69) is 5.32 Å². The van der Waals surface area contributed by atoms with Gasteiger partial charge < -0.3 is 10.4 Å². The van der Waals surface area contributed by atoms with Gasteiger partial charge in [-0.05, 0) is 30.0 Å². The van der Waals surface area contributed by atoms with Gasteiger partial charge in [0.05, 0.1) is 6.42 Å². The van der Waals surface area contributed by atoms with E-state index in [0.717, 1.165) is 23.7 Å². The molecule has 2 rings (SSSR count). The van der Waals surface area contributed by atoms with Gasteiger partial charge in [-0.25, -0.2) is 0 Å². The number of benzene rings is 1. The summed E-state index contributed by atoms with van der Waals surface area (Å²) < 4.78 is 0. The maximum Gasteiger partial charge on any atom is 0.307 e. The predicted octanol–water partition coefficient (Wildman–Crippen LogP) is 3.70. The lowest BCUT2D eigenvalue weighted by molar-refractivity contribution is -0.136. The van der Waals surface area contributed by atoms with E-state index in [9.17, 15) is 4.79 Å². The molecule has 19 heavy (non-hydrogen) atoms. The number of hydrogen-bond donors (Lipinski definition) is 2. The molecule has 0 bridgehead atoms. The molecule has 1 aliphatic carbocycles. The lowest BCUT2D eigenvalue weighted by atomic mass is 9.87. The normalized spacial score (nSPS) is 16.2. The van der Waals surface area contributed by atoms with Gasteiger partial charge in [0.1, 0.15) is 0 Å². The van der Waals surface area contributed by atoms with Crippen LogP contribution in [0.4, 0.5) is 5.69 Å². The molecule has 3 heteroatoms. The van der Waals surface area contributed by atoms with Crippen molar-refractivity contribution in [1.29, 1.82) is 0 Å². The molecule has 0 unspecified atom stereocenters. The standard InChI is InChI=1S/C16H23NO2/c18-16(19)12-14-6-8-15(9-7-14)17-11-10-13-4-2-1-3-5-13/h6-9,13,17H,1-5,10-12H2,(H,18,19). The summed E-state index contributed by atoms with van der Waals surface area (Å²) >= 11 is 0. The molecule has 0 heterocycles. The van der Waals surface area contributed by atoms with Crippen LogP contribution in [0.15, 0.2) is 24.3 Å². The van der Waals surface area contributed by atoms with Gasteiger partial charge >= 0.3 is 5.97 Å². The van der Waals surface area contributed by atoms with Gasteiger partial charge in [0.25, 0.3) is 0 Å². The Morgan fingerprint density at radius 1 is 1.16 bits per heavy atom. The quantitative estimate of drug-likeness (QED) is 0.821. The van der Waals surface area contributed by atoms with E-state index in [1.807, 2.05) is 24.3 Å². The van der Waals surface area contributed by atoms with Crippen molar-refractivity contribution >= 4 is 11.7 Å². The molecule has 3 nitrogen and oxygen atoms in total. The van der Waals surface area contributed by atoms with E-state index in [1.165, 1.54) is 38.5 Å². The van der Waals surface area contributed by atoms with Crippen molar-refractivity contribution in [3.63, 3.8) is 0 Å². The van der Waals surface area contributed by atoms with E-state index in [4.69, 9.17) is 5.11 Å². The molecule has 1 aliphatic rings. The molecule has 1 aromatic rings. The zero-order chi connectivity index (χ0) is 13.5. The second-order valence-electron chi connectivity index (χ2n) is 5.49. The van der Waals surface area contributed by atoms with Crippen molar-refractivity contribution < 1.29 is 9.90 Å². The first-order valence-electron chi connectivity index (χ1n) is 7.28. The average Bonchev–Trinajstić information content (AvgIpc) is 2.41. The van der Waals surface area contributed by atoms with Gasteiger partial charge in [-0.15, -0.1) is 0 Å². The second kappa shape index (κ2) is 7.17. The molecule has 0 aliphatic heterocycles. The van der Waals surface area contributed by atoms with E-state index in [0.29, 0.717) is 0 Å². The van der Waals surface area contributed by atoms with Crippen LogP contribution in [0.5, 0.6) is 0 Å². The molecule has 1 saturated carbocycles. The van der Waals surface area contributed by atoms with Crippen LogP contribution in [-0.4, -0.2) is 17.6 Å². The summed E-state index contributed by atoms with van der Waals surface area (Å²) in [6, 6.07) is 7.71. The number of anilines is 1. The first-order chi connectivity index (χ1) is 9.24. The van der Waals surface area contributed by atoms with Gasteiger partial charge in [-0.2, -0.15) is 0 Å². The maximum absolute atomic E-state index is 10.6. The summed E-state index contributed by atoms with van der Waals surface area (Å²) in [5.74, 6) is 0.116. The van der Waals surface area contributed by atoms with Gasteiger partial charge in [0.2, 0.25) is 0 Å². The van der Waals surface area contributed by atoms with Crippen LogP contribution in [0.1, 0.15) is 44.1 Å². The Kier molecular flexibility index (Phi) is 5.25. The van der Waals surface area contributed by atoms with Crippen LogP contribution in [0.25, 0.3) is 0 Å². The van der Waals surface area contributed by atoms with Crippen molar-refractivity contribution in [3.8, 4) is 0 Å². The molecule has 0 atom stereocenters. The Bertz CT molecular complexity index is 394. The highest BCUT2D eigenvalue weighted by Gasteiger charge is 2.12. The fourth-order valence-corrected chi connectivity index (χ4v) is 2.81. The third kappa shape index (κ3) is 4.93. The van der Waals surface area contributed by atoms with E-state index in [-0.39, 0.29) is 6.42 Å². The summed E-state index contributed by atoms with van der Waals surface area (Å²) in [5.41, 5.74) is 1.94. The van der Waals surface area contributed by atoms with Crippen LogP contribution in [-0.2, 0) is 11.2 Å². The first-order valence-corrected chi connectivity index (χ1v) is 7.28. The third-order valence-electron chi connectivity index (χ3n) is 3.92. The van der Waals surface area contributed by atoms with Crippen molar-refractivity contribution in [2.45, 2.75) is 44.9 Å². The van der Waals surface area contributed by atoms with E-state index < -0.39 is 5.97 Å². The first kappa shape index (κ1) is 13.9. The lowest BCUT2D eigenvalue weighted by Crippen LogP contribution is -2.12. The highest BCUT2D eigenvalue weighted by atomic mass is 16.4. The summed E-state index contributed by atoms with van der Waals surface area (Å²) in [4.78, 5) is 10.6. The largest absolute Gasteiger partial charge is 0.481 e. The SMILES string of the molecule is O=C(O)Cc1ccc(NCCC2CCCCC2)cc1. The number of carboxylic acid groups (broad SMARTS) is 1. The minimum Gasteiger partial charge on any atom is -0.481 e. The Labute approximate surface area is 115 Å². The molecule has 0 aromatic heterocycles. The van der Waals surface area contributed by atoms with E-state index in [1.54, 1.807) is 0 Å². The third-order valence-corrected chi connectivity index (χ3v) is 3.92. The number of carboxylic acids is 1. The minimum atomic E-state index is -0.780. The van der Waals surface area contributed by atoms with E-state index >= 15 is 0 Å². The maximum atomic E-state index is 10.6. The number of aliphatic carboxylic acids is 1. The van der Waals surface area contributed by atoms with Crippen molar-refractivity contribution in [2.75, 3.05) is 11.9 Å². The van der Waals surface area contributed by atoms with Gasteiger partial charge in [0.15, 0.2) is 0 Å². The van der Waals surface area contributed by atoms with Crippen LogP contribution in [0.3, 0.4) is 0 Å². The zero-order valence-corrected chi connectivity index (χ0v) is 11.4. The summed E-state index contributed by atoms with van der Waals surface area (Å²) in [6.45, 7) is 1.02. The average molecular weight is 261 g/mol. The second-order valence-corrected chi connectivity index (χ2v) is 5.49. The number of hydrogen-bond acceptors (Lipinski definition) is 2. The monoisotopic (exact) mass is 261 g/mol. The summed E-state index contributed by atoms with van der Waals surface area (Å²) in [7, 11) is 0. The predicted molar refractivity (Wildman–Crippen MR) is 77.5 cm³/mol. The molecule has 0 saturated heterocycles. The fraction of sp³-hybridized carbons (Fsp3) is 0.562. The summed E-state index contributed by atoms with van der Waals surface area (Å²) in [6.07, 6.45) is 8.33.